The van der Waals surface area contributed by atoms with Crippen molar-refractivity contribution in [1.82, 2.24) is 10.2 Å². The molecule has 1 aliphatic heterocycles. The maximum absolute atomic E-state index is 5.54. The van der Waals surface area contributed by atoms with E-state index in [1.54, 1.807) is 6.26 Å². The van der Waals surface area contributed by atoms with Gasteiger partial charge in [-0.15, -0.1) is 0 Å². The largest absolute Gasteiger partial charge is 0.468 e. The molecule has 3 heteroatoms. The Bertz CT molecular complexity index is 372. The van der Waals surface area contributed by atoms with E-state index in [1.807, 2.05) is 6.07 Å². The van der Waals surface area contributed by atoms with Crippen LogP contribution in [0.25, 0.3) is 0 Å². The molecular formula is C17H30N2O. The maximum atomic E-state index is 5.54. The fourth-order valence-corrected chi connectivity index (χ4v) is 3.23. The van der Waals surface area contributed by atoms with Crippen LogP contribution in [0, 0.1) is 11.8 Å². The van der Waals surface area contributed by atoms with Crippen LogP contribution in [0.15, 0.2) is 22.8 Å². The Kier molecular flexibility index (Phi) is 5.67. The van der Waals surface area contributed by atoms with E-state index in [9.17, 15) is 0 Å². The highest BCUT2D eigenvalue weighted by molar-refractivity contribution is 5.00. The lowest BCUT2D eigenvalue weighted by Gasteiger charge is -2.41. The number of hydrogen-bond donors (Lipinski definition) is 1. The minimum atomic E-state index is 0.619. The molecule has 2 heterocycles. The average Bonchev–Trinajstić information content (AvgIpc) is 2.84. The quantitative estimate of drug-likeness (QED) is 0.863. The zero-order valence-corrected chi connectivity index (χ0v) is 13.4. The summed E-state index contributed by atoms with van der Waals surface area (Å²) in [7, 11) is 0. The molecule has 0 spiro atoms. The Morgan fingerprint density at radius 2 is 2.00 bits per heavy atom. The zero-order valence-electron chi connectivity index (χ0n) is 13.4. The van der Waals surface area contributed by atoms with Crippen LogP contribution >= 0.6 is 0 Å². The first-order chi connectivity index (χ1) is 9.54. The molecule has 1 aromatic heterocycles. The third-order valence-corrected chi connectivity index (χ3v) is 4.05. The molecule has 2 atom stereocenters. The van der Waals surface area contributed by atoms with Crippen LogP contribution in [0.3, 0.4) is 0 Å². The first-order valence-corrected chi connectivity index (χ1v) is 8.04. The second kappa shape index (κ2) is 7.28. The van der Waals surface area contributed by atoms with Gasteiger partial charge in [0.25, 0.3) is 0 Å². The normalized spacial score (nSPS) is 24.7. The molecule has 1 N–H and O–H groups in total. The Balaban J connectivity index is 1.98. The number of furan rings is 1. The lowest BCUT2D eigenvalue weighted by atomic mass is 9.95. The highest BCUT2D eigenvalue weighted by atomic mass is 16.3. The molecule has 0 amide bonds. The van der Waals surface area contributed by atoms with Gasteiger partial charge in [0, 0.05) is 25.2 Å². The van der Waals surface area contributed by atoms with Gasteiger partial charge in [-0.25, -0.2) is 0 Å². The van der Waals surface area contributed by atoms with E-state index < -0.39 is 0 Å². The Hall–Kier alpha value is -0.800. The fourth-order valence-electron chi connectivity index (χ4n) is 3.23. The molecule has 0 bridgehead atoms. The van der Waals surface area contributed by atoms with Crippen molar-refractivity contribution in [2.24, 2.45) is 11.8 Å². The fraction of sp³-hybridized carbons (Fsp3) is 0.765. The second-order valence-electron chi connectivity index (χ2n) is 7.03. The van der Waals surface area contributed by atoms with E-state index >= 15 is 0 Å². The molecule has 3 nitrogen and oxygen atoms in total. The van der Waals surface area contributed by atoms with Crippen molar-refractivity contribution in [1.29, 1.82) is 0 Å². The predicted molar refractivity (Wildman–Crippen MR) is 83.6 cm³/mol. The summed E-state index contributed by atoms with van der Waals surface area (Å²) < 4.78 is 5.54. The molecule has 0 aliphatic carbocycles. The molecule has 20 heavy (non-hydrogen) atoms. The summed E-state index contributed by atoms with van der Waals surface area (Å²) in [5.41, 5.74) is 0. The van der Waals surface area contributed by atoms with E-state index in [0.29, 0.717) is 12.1 Å². The molecule has 114 valence electrons. The first kappa shape index (κ1) is 15.6. The summed E-state index contributed by atoms with van der Waals surface area (Å²) in [5.74, 6) is 2.58. The number of nitrogens with zero attached hydrogens (tertiary/aromatic N) is 1. The second-order valence-corrected chi connectivity index (χ2v) is 7.03. The maximum Gasteiger partial charge on any atom is 0.117 e. The van der Waals surface area contributed by atoms with Gasteiger partial charge in [-0.3, -0.25) is 4.90 Å². The zero-order chi connectivity index (χ0) is 14.5. The van der Waals surface area contributed by atoms with Gasteiger partial charge >= 0.3 is 0 Å². The van der Waals surface area contributed by atoms with Gasteiger partial charge < -0.3 is 9.73 Å². The molecule has 1 aromatic rings. The highest BCUT2D eigenvalue weighted by Gasteiger charge is 2.29. The van der Waals surface area contributed by atoms with Crippen LogP contribution in [0.4, 0.5) is 0 Å². The van der Waals surface area contributed by atoms with Crippen molar-refractivity contribution >= 4 is 0 Å². The van der Waals surface area contributed by atoms with Crippen molar-refractivity contribution in [3.05, 3.63) is 24.2 Å². The third-order valence-electron chi connectivity index (χ3n) is 4.05. The summed E-state index contributed by atoms with van der Waals surface area (Å²) in [6, 6.07) is 5.32. The topological polar surface area (TPSA) is 28.4 Å². The van der Waals surface area contributed by atoms with Gasteiger partial charge in [0.15, 0.2) is 0 Å². The summed E-state index contributed by atoms with van der Waals surface area (Å²) in [4.78, 5) is 2.61. The van der Waals surface area contributed by atoms with E-state index in [-0.39, 0.29) is 0 Å². The molecule has 2 unspecified atom stereocenters. The predicted octanol–water partition coefficient (Wildman–Crippen LogP) is 3.51. The minimum absolute atomic E-state index is 0.619. The van der Waals surface area contributed by atoms with Crippen LogP contribution in [0.2, 0.25) is 0 Å². The number of hydrogen-bond acceptors (Lipinski definition) is 3. The Morgan fingerprint density at radius 1 is 1.25 bits per heavy atom. The third kappa shape index (κ3) is 4.64. The van der Waals surface area contributed by atoms with Crippen molar-refractivity contribution in [3.8, 4) is 0 Å². The lowest BCUT2D eigenvalue weighted by molar-refractivity contribution is 0.0926. The summed E-state index contributed by atoms with van der Waals surface area (Å²) >= 11 is 0. The van der Waals surface area contributed by atoms with Crippen LogP contribution < -0.4 is 5.32 Å². The Morgan fingerprint density at radius 3 is 2.60 bits per heavy atom. The van der Waals surface area contributed by atoms with Gasteiger partial charge in [-0.1, -0.05) is 27.7 Å². The van der Waals surface area contributed by atoms with E-state index in [4.69, 9.17) is 4.42 Å². The standard InChI is InChI=1S/C17H30N2O/c1-13(2)8-15-11-19(12-17-6-5-7-20-17)16(10-18-15)9-14(3)4/h5-7,13-16,18H,8-12H2,1-4H3. The number of rotatable bonds is 6. The highest BCUT2D eigenvalue weighted by Crippen LogP contribution is 2.20. The summed E-state index contributed by atoms with van der Waals surface area (Å²) in [5, 5.41) is 3.74. The molecule has 2 rings (SSSR count). The average molecular weight is 278 g/mol. The van der Waals surface area contributed by atoms with Crippen molar-refractivity contribution in [2.75, 3.05) is 13.1 Å². The minimum Gasteiger partial charge on any atom is -0.468 e. The van der Waals surface area contributed by atoms with Crippen LogP contribution in [-0.4, -0.2) is 30.1 Å². The number of nitrogens with one attached hydrogen (secondary N) is 1. The van der Waals surface area contributed by atoms with Gasteiger partial charge in [-0.05, 0) is 36.8 Å². The molecule has 1 fully saturated rings. The van der Waals surface area contributed by atoms with Crippen molar-refractivity contribution in [2.45, 2.75) is 59.2 Å². The van der Waals surface area contributed by atoms with Crippen LogP contribution in [0.5, 0.6) is 0 Å². The SMILES string of the molecule is CC(C)CC1CN(Cc2ccco2)C(CC(C)C)CN1. The van der Waals surface area contributed by atoms with Crippen molar-refractivity contribution < 1.29 is 4.42 Å². The molecule has 0 saturated carbocycles. The molecule has 0 radical (unpaired) electrons. The van der Waals surface area contributed by atoms with Gasteiger partial charge in [0.1, 0.15) is 5.76 Å². The molecule has 1 saturated heterocycles. The van der Waals surface area contributed by atoms with E-state index in [1.165, 1.54) is 12.8 Å². The smallest absolute Gasteiger partial charge is 0.117 e. The monoisotopic (exact) mass is 278 g/mol. The molecular weight excluding hydrogens is 248 g/mol. The first-order valence-electron chi connectivity index (χ1n) is 8.04. The van der Waals surface area contributed by atoms with Crippen molar-refractivity contribution in [3.63, 3.8) is 0 Å². The molecule has 1 aliphatic rings. The van der Waals surface area contributed by atoms with Gasteiger partial charge in [0.2, 0.25) is 0 Å². The van der Waals surface area contributed by atoms with Crippen LogP contribution in [0.1, 0.15) is 46.3 Å². The van der Waals surface area contributed by atoms with E-state index in [0.717, 1.165) is 37.2 Å². The lowest BCUT2D eigenvalue weighted by Crippen LogP contribution is -2.56. The van der Waals surface area contributed by atoms with Gasteiger partial charge in [-0.2, -0.15) is 0 Å². The Labute approximate surface area is 123 Å². The van der Waals surface area contributed by atoms with Crippen LogP contribution in [-0.2, 0) is 6.54 Å². The summed E-state index contributed by atoms with van der Waals surface area (Å²) in [6.07, 6.45) is 4.28. The summed E-state index contributed by atoms with van der Waals surface area (Å²) in [6.45, 7) is 12.4. The van der Waals surface area contributed by atoms with Gasteiger partial charge in [0.05, 0.1) is 12.8 Å². The van der Waals surface area contributed by atoms with E-state index in [2.05, 4.69) is 44.0 Å². The molecule has 0 aromatic carbocycles. The number of piperazine rings is 1.